The molecule has 73 heavy (non-hydrogen) atoms. The number of aliphatic hydroxyl groups excluding tert-OH is 1. The van der Waals surface area contributed by atoms with E-state index in [1.165, 1.54) is 11.3 Å². The number of amides is 3. The van der Waals surface area contributed by atoms with E-state index in [-0.39, 0.29) is 43.8 Å². The van der Waals surface area contributed by atoms with Crippen molar-refractivity contribution in [2.75, 3.05) is 20.1 Å². The maximum absolute atomic E-state index is 14.6. The van der Waals surface area contributed by atoms with Crippen molar-refractivity contribution in [3.05, 3.63) is 137 Å². The Kier molecular flexibility index (Phi) is 21.6. The minimum atomic E-state index is -1.14. The maximum atomic E-state index is 14.6. The van der Waals surface area contributed by atoms with Gasteiger partial charge in [0, 0.05) is 51.7 Å². The van der Waals surface area contributed by atoms with Crippen LogP contribution in [0.1, 0.15) is 120 Å². The van der Waals surface area contributed by atoms with E-state index in [0.29, 0.717) is 49.6 Å². The SMILES string of the molecule is CCC(N)=NCCC[C@H](NC(=O)OC(C)(C)C)C(=O)C[C@@H](CCC(=O)NC(c1ccccc1)(c1ccccc1)c1ccccc1)C(=O)N[C@@H](C)C(=O)C[C@@H](CCCNC(N)=NC)C(O)c1nc2ccccc2s1. The van der Waals surface area contributed by atoms with Crippen molar-refractivity contribution in [1.29, 1.82) is 0 Å². The number of benzene rings is 4. The number of amidine groups is 1. The van der Waals surface area contributed by atoms with Crippen LogP contribution in [-0.4, -0.2) is 89.2 Å². The molecule has 17 heteroatoms. The molecule has 9 N–H and O–H groups in total. The third kappa shape index (κ3) is 17.1. The molecule has 1 heterocycles. The molecule has 0 spiro atoms. The Morgan fingerprint density at radius 2 is 1.36 bits per heavy atom. The Morgan fingerprint density at radius 3 is 1.92 bits per heavy atom. The van der Waals surface area contributed by atoms with E-state index in [9.17, 15) is 29.1 Å². The van der Waals surface area contributed by atoms with Crippen LogP contribution in [0.15, 0.2) is 125 Å². The van der Waals surface area contributed by atoms with Gasteiger partial charge in [-0.05, 0) is 94.5 Å². The minimum Gasteiger partial charge on any atom is -0.444 e. The number of aliphatic hydroxyl groups is 1. The number of rotatable bonds is 27. The van der Waals surface area contributed by atoms with Gasteiger partial charge < -0.3 is 42.6 Å². The summed E-state index contributed by atoms with van der Waals surface area (Å²) in [6.45, 7) is 9.33. The number of carbonyl (C=O) groups is 5. The molecule has 0 aliphatic rings. The lowest BCUT2D eigenvalue weighted by molar-refractivity contribution is -0.133. The number of fused-ring (bicyclic) bond motifs is 1. The minimum absolute atomic E-state index is 0.0919. The molecule has 0 bridgehead atoms. The highest BCUT2D eigenvalue weighted by Gasteiger charge is 2.39. The van der Waals surface area contributed by atoms with Gasteiger partial charge in [-0.2, -0.15) is 0 Å². The number of ether oxygens (including phenoxy) is 1. The molecule has 0 fully saturated rings. The smallest absolute Gasteiger partial charge is 0.408 e. The van der Waals surface area contributed by atoms with Crippen molar-refractivity contribution in [1.82, 2.24) is 26.3 Å². The van der Waals surface area contributed by atoms with Gasteiger partial charge in [-0.25, -0.2) is 9.78 Å². The summed E-state index contributed by atoms with van der Waals surface area (Å²) >= 11 is 1.35. The molecule has 4 aromatic carbocycles. The highest BCUT2D eigenvalue weighted by atomic mass is 32.1. The second kappa shape index (κ2) is 27.7. The van der Waals surface area contributed by atoms with Gasteiger partial charge in [0.05, 0.1) is 28.1 Å². The zero-order chi connectivity index (χ0) is 53.0. The zero-order valence-corrected chi connectivity index (χ0v) is 43.8. The van der Waals surface area contributed by atoms with Gasteiger partial charge in [0.1, 0.15) is 22.3 Å². The molecule has 1 unspecified atom stereocenters. The second-order valence-electron chi connectivity index (χ2n) is 19.2. The van der Waals surface area contributed by atoms with E-state index in [4.69, 9.17) is 16.2 Å². The molecule has 5 rings (SSSR count). The first-order valence-electron chi connectivity index (χ1n) is 25.0. The number of thiazole rings is 1. The summed E-state index contributed by atoms with van der Waals surface area (Å²) in [7, 11) is 1.57. The maximum Gasteiger partial charge on any atom is 0.408 e. The fourth-order valence-corrected chi connectivity index (χ4v) is 9.61. The van der Waals surface area contributed by atoms with Crippen molar-refractivity contribution in [2.45, 2.75) is 122 Å². The molecule has 16 nitrogen and oxygen atoms in total. The van der Waals surface area contributed by atoms with Crippen LogP contribution in [0.3, 0.4) is 0 Å². The third-order valence-electron chi connectivity index (χ3n) is 12.5. The Labute approximate surface area is 433 Å². The van der Waals surface area contributed by atoms with Gasteiger partial charge in [-0.3, -0.25) is 29.2 Å². The lowest BCUT2D eigenvalue weighted by atomic mass is 9.76. The topological polar surface area (TPSA) is 253 Å². The quantitative estimate of drug-likeness (QED) is 0.0117. The molecule has 5 atom stereocenters. The van der Waals surface area contributed by atoms with E-state index >= 15 is 0 Å². The molecule has 0 saturated heterocycles. The van der Waals surface area contributed by atoms with Crippen molar-refractivity contribution in [3.8, 4) is 0 Å². The van der Waals surface area contributed by atoms with Crippen LogP contribution >= 0.6 is 11.3 Å². The molecule has 1 aromatic heterocycles. The number of hydrogen-bond acceptors (Lipinski definition) is 11. The highest BCUT2D eigenvalue weighted by molar-refractivity contribution is 7.18. The third-order valence-corrected chi connectivity index (χ3v) is 13.6. The van der Waals surface area contributed by atoms with Gasteiger partial charge in [0.25, 0.3) is 0 Å². The molecule has 5 aromatic rings. The summed E-state index contributed by atoms with van der Waals surface area (Å²) in [4.78, 5) is 84.0. The van der Waals surface area contributed by atoms with E-state index in [0.717, 1.165) is 26.9 Å². The normalized spacial score (nSPS) is 14.3. The number of para-hydroxylation sites is 1. The monoisotopic (exact) mass is 1020 g/mol. The van der Waals surface area contributed by atoms with Gasteiger partial charge in [-0.1, -0.05) is 110 Å². The number of ketones is 2. The Hall–Kier alpha value is -6.98. The summed E-state index contributed by atoms with van der Waals surface area (Å²) in [6.07, 6.45) is -0.578. The van der Waals surface area contributed by atoms with Gasteiger partial charge in [0.2, 0.25) is 11.8 Å². The van der Waals surface area contributed by atoms with E-state index in [2.05, 4.69) is 36.2 Å². The second-order valence-corrected chi connectivity index (χ2v) is 20.2. The lowest BCUT2D eigenvalue weighted by Crippen LogP contribution is -2.48. The van der Waals surface area contributed by atoms with E-state index in [1.54, 1.807) is 34.7 Å². The fourth-order valence-electron chi connectivity index (χ4n) is 8.56. The summed E-state index contributed by atoms with van der Waals surface area (Å²) in [5, 5.41) is 24.2. The summed E-state index contributed by atoms with van der Waals surface area (Å²) < 4.78 is 6.43. The lowest BCUT2D eigenvalue weighted by Gasteiger charge is -2.37. The van der Waals surface area contributed by atoms with Crippen molar-refractivity contribution >= 4 is 62.8 Å². The average Bonchev–Trinajstić information content (AvgIpc) is 3.83. The van der Waals surface area contributed by atoms with E-state index < -0.39 is 64.9 Å². The molecule has 390 valence electrons. The summed E-state index contributed by atoms with van der Waals surface area (Å²) in [6, 6.07) is 34.3. The number of carbonyl (C=O) groups excluding carboxylic acids is 5. The number of guanidine groups is 1. The summed E-state index contributed by atoms with van der Waals surface area (Å²) in [5.74, 6) is -2.81. The van der Waals surface area contributed by atoms with Crippen LogP contribution in [0.2, 0.25) is 0 Å². The van der Waals surface area contributed by atoms with Crippen LogP contribution in [0.4, 0.5) is 4.79 Å². The number of nitrogens with zero attached hydrogens (tertiary/aromatic N) is 3. The Bertz CT molecular complexity index is 2510. The number of alkyl carbamates (subject to hydrolysis) is 1. The van der Waals surface area contributed by atoms with Crippen molar-refractivity contribution in [2.24, 2.45) is 33.3 Å². The molecular formula is C56H73N9O7S. The zero-order valence-electron chi connectivity index (χ0n) is 42.9. The number of nitrogens with two attached hydrogens (primary N) is 2. The first-order valence-corrected chi connectivity index (χ1v) is 25.9. The predicted molar refractivity (Wildman–Crippen MR) is 289 cm³/mol. The molecule has 3 amide bonds. The van der Waals surface area contributed by atoms with Crippen molar-refractivity contribution < 1.29 is 33.8 Å². The van der Waals surface area contributed by atoms with Gasteiger partial charge in [0.15, 0.2) is 17.5 Å². The fraction of sp³-hybridized carbons (Fsp3) is 0.429. The van der Waals surface area contributed by atoms with Crippen LogP contribution < -0.4 is 32.7 Å². The first kappa shape index (κ1) is 56.9. The number of aliphatic imine (C=N–C) groups is 2. The van der Waals surface area contributed by atoms with Gasteiger partial charge in [-0.15, -0.1) is 11.3 Å². The Balaban J connectivity index is 1.43. The number of aromatic nitrogens is 1. The van der Waals surface area contributed by atoms with Crippen molar-refractivity contribution in [3.63, 3.8) is 0 Å². The standard InChI is InChI=1S/C56H73N9O7S/c1-7-48(57)60-33-20-29-43(64-54(71)72-55(3,4)5)46(67)36-39(31-32-49(68)65-56(40-22-11-8-12-23-40,41-24-13-9-14-25-41)42-26-15-10-16-27-42)51(70)62-37(2)45(66)35-38(21-19-34-61-53(58)59-6)50(69)52-63-44-28-17-18-30-47(44)73-52/h8-18,22-28,30,37-39,43,50,69H,7,19-21,29,31-36H2,1-6H3,(H2,57,60)(H,62,70)(H,64,71)(H,65,68)(H3,58,59,61)/t37-,38+,39+,43-,50?/m0/s1. The summed E-state index contributed by atoms with van der Waals surface area (Å²) in [5.41, 5.74) is 13.0. The Morgan fingerprint density at radius 1 is 0.767 bits per heavy atom. The number of Topliss-reactive ketones (excluding diaryl/α,β-unsaturated/α-hetero) is 2. The van der Waals surface area contributed by atoms with Crippen LogP contribution in [0, 0.1) is 11.8 Å². The molecule has 0 aliphatic carbocycles. The average molecular weight is 1020 g/mol. The van der Waals surface area contributed by atoms with E-state index in [1.807, 2.05) is 122 Å². The largest absolute Gasteiger partial charge is 0.444 e. The van der Waals surface area contributed by atoms with Crippen LogP contribution in [0.25, 0.3) is 10.2 Å². The molecule has 0 radical (unpaired) electrons. The highest BCUT2D eigenvalue weighted by Crippen LogP contribution is 2.38. The number of hydrogen-bond donors (Lipinski definition) is 7. The molecule has 0 saturated carbocycles. The molecule has 0 aliphatic heterocycles. The predicted octanol–water partition coefficient (Wildman–Crippen LogP) is 7.63. The first-order chi connectivity index (χ1) is 34.9. The number of nitrogens with one attached hydrogen (secondary N) is 4. The van der Waals surface area contributed by atoms with Crippen LogP contribution in [0.5, 0.6) is 0 Å². The molecular weight excluding hydrogens is 943 g/mol. The van der Waals surface area contributed by atoms with Crippen LogP contribution in [-0.2, 0) is 29.5 Å². The van der Waals surface area contributed by atoms with Gasteiger partial charge >= 0.3 is 6.09 Å².